The fraction of sp³-hybridized carbons (Fsp3) is 0.0952. The van der Waals surface area contributed by atoms with Gasteiger partial charge in [0.25, 0.3) is 5.91 Å². The molecule has 0 aliphatic carbocycles. The SMILES string of the molecule is Nc1ncnc2c1ncn2Cc1cc(Cl)cc2cc(CNC(=O)c3cccc(=O)[nH]3)[nH]c12. The van der Waals surface area contributed by atoms with Gasteiger partial charge in [0.1, 0.15) is 17.5 Å². The van der Waals surface area contributed by atoms with Crippen molar-refractivity contribution in [3.05, 3.63) is 81.4 Å². The number of hydrogen-bond donors (Lipinski definition) is 4. The van der Waals surface area contributed by atoms with Crippen LogP contribution in [0, 0.1) is 0 Å². The lowest BCUT2D eigenvalue weighted by Crippen LogP contribution is -2.25. The summed E-state index contributed by atoms with van der Waals surface area (Å²) >= 11 is 6.35. The Bertz CT molecular complexity index is 1530. The number of carbonyl (C=O) groups is 1. The first-order valence-corrected chi connectivity index (χ1v) is 10.0. The van der Waals surface area contributed by atoms with Crippen LogP contribution in [0.25, 0.3) is 22.1 Å². The summed E-state index contributed by atoms with van der Waals surface area (Å²) in [7, 11) is 0. The van der Waals surface area contributed by atoms with Crippen LogP contribution in [0.3, 0.4) is 0 Å². The van der Waals surface area contributed by atoms with E-state index in [0.29, 0.717) is 28.5 Å². The number of aromatic nitrogens is 6. The van der Waals surface area contributed by atoms with Gasteiger partial charge in [0, 0.05) is 22.2 Å². The number of pyridine rings is 1. The number of halogens is 1. The van der Waals surface area contributed by atoms with Crippen molar-refractivity contribution >= 4 is 45.4 Å². The predicted octanol–water partition coefficient (Wildman–Crippen LogP) is 2.21. The quantitative estimate of drug-likeness (QED) is 0.324. The third-order valence-corrected chi connectivity index (χ3v) is 5.27. The Morgan fingerprint density at radius 2 is 2.03 bits per heavy atom. The number of hydrogen-bond acceptors (Lipinski definition) is 6. The minimum absolute atomic E-state index is 0.200. The van der Waals surface area contributed by atoms with Crippen LogP contribution in [0.4, 0.5) is 5.82 Å². The lowest BCUT2D eigenvalue weighted by Gasteiger charge is -2.07. The number of rotatable bonds is 5. The molecular weight excluding hydrogens is 432 g/mol. The molecule has 5 N–H and O–H groups in total. The number of nitrogen functional groups attached to an aromatic ring is 1. The van der Waals surface area contributed by atoms with E-state index in [0.717, 1.165) is 22.2 Å². The molecule has 11 heteroatoms. The molecule has 5 rings (SSSR count). The highest BCUT2D eigenvalue weighted by Gasteiger charge is 2.13. The molecule has 0 fully saturated rings. The zero-order chi connectivity index (χ0) is 22.2. The molecule has 10 nitrogen and oxygen atoms in total. The van der Waals surface area contributed by atoms with E-state index in [4.69, 9.17) is 17.3 Å². The highest BCUT2D eigenvalue weighted by Crippen LogP contribution is 2.26. The van der Waals surface area contributed by atoms with Crippen LogP contribution < -0.4 is 16.6 Å². The monoisotopic (exact) mass is 448 g/mol. The molecule has 0 bridgehead atoms. The number of H-pyrrole nitrogens is 2. The van der Waals surface area contributed by atoms with Crippen molar-refractivity contribution in [3.8, 4) is 0 Å². The maximum absolute atomic E-state index is 12.3. The van der Waals surface area contributed by atoms with Crippen molar-refractivity contribution in [1.29, 1.82) is 0 Å². The Kier molecular flexibility index (Phi) is 4.83. The first kappa shape index (κ1) is 19.8. The van der Waals surface area contributed by atoms with Gasteiger partial charge >= 0.3 is 0 Å². The van der Waals surface area contributed by atoms with Gasteiger partial charge < -0.3 is 25.6 Å². The Labute approximate surface area is 185 Å². The largest absolute Gasteiger partial charge is 0.382 e. The van der Waals surface area contributed by atoms with E-state index in [9.17, 15) is 9.59 Å². The number of anilines is 1. The molecule has 0 atom stereocenters. The van der Waals surface area contributed by atoms with Crippen LogP contribution in [-0.2, 0) is 13.1 Å². The van der Waals surface area contributed by atoms with Crippen LogP contribution in [0.1, 0.15) is 21.7 Å². The number of benzene rings is 1. The maximum atomic E-state index is 12.3. The molecule has 0 unspecified atom stereocenters. The highest BCUT2D eigenvalue weighted by atomic mass is 35.5. The van der Waals surface area contributed by atoms with E-state index in [2.05, 4.69) is 30.2 Å². The molecule has 0 aliphatic rings. The summed E-state index contributed by atoms with van der Waals surface area (Å²) in [5.74, 6) is -0.0515. The molecule has 0 aliphatic heterocycles. The van der Waals surface area contributed by atoms with Crippen molar-refractivity contribution in [1.82, 2.24) is 34.8 Å². The molecule has 1 amide bonds. The third kappa shape index (κ3) is 3.67. The van der Waals surface area contributed by atoms with Crippen molar-refractivity contribution < 1.29 is 4.79 Å². The lowest BCUT2D eigenvalue weighted by atomic mass is 10.1. The van der Waals surface area contributed by atoms with Crippen molar-refractivity contribution in [2.24, 2.45) is 0 Å². The van der Waals surface area contributed by atoms with Gasteiger partial charge in [-0.1, -0.05) is 17.7 Å². The second-order valence-electron chi connectivity index (χ2n) is 7.24. The van der Waals surface area contributed by atoms with E-state index < -0.39 is 0 Å². The first-order valence-electron chi connectivity index (χ1n) is 9.67. The van der Waals surface area contributed by atoms with Crippen LogP contribution in [0.2, 0.25) is 5.02 Å². The number of imidazole rings is 1. The lowest BCUT2D eigenvalue weighted by molar-refractivity contribution is 0.0945. The summed E-state index contributed by atoms with van der Waals surface area (Å²) in [6, 6.07) is 10.1. The Morgan fingerprint density at radius 3 is 2.88 bits per heavy atom. The molecular formula is C21H17ClN8O2. The molecule has 1 aromatic carbocycles. The molecule has 32 heavy (non-hydrogen) atoms. The number of fused-ring (bicyclic) bond motifs is 2. The molecule has 0 spiro atoms. The van der Waals surface area contributed by atoms with E-state index in [1.54, 1.807) is 12.4 Å². The predicted molar refractivity (Wildman–Crippen MR) is 120 cm³/mol. The third-order valence-electron chi connectivity index (χ3n) is 5.05. The van der Waals surface area contributed by atoms with Crippen molar-refractivity contribution in [2.75, 3.05) is 5.73 Å². The normalized spacial score (nSPS) is 11.3. The number of carbonyl (C=O) groups excluding carboxylic acids is 1. The van der Waals surface area contributed by atoms with Gasteiger partial charge in [0.15, 0.2) is 11.5 Å². The minimum Gasteiger partial charge on any atom is -0.382 e. The van der Waals surface area contributed by atoms with E-state index >= 15 is 0 Å². The van der Waals surface area contributed by atoms with E-state index in [1.165, 1.54) is 18.5 Å². The number of nitrogens with two attached hydrogens (primary N) is 1. The molecule has 0 radical (unpaired) electrons. The standard InChI is InChI=1S/C21H17ClN8O2/c22-13-4-11-6-14(7-24-21(32)15-2-1-3-16(31)29-15)28-17(11)12(5-13)8-30-10-27-18-19(23)25-9-26-20(18)30/h1-6,9-10,28H,7-8H2,(H,24,32)(H,29,31)(H2,23,25,26). The van der Waals surface area contributed by atoms with Crippen molar-refractivity contribution in [3.63, 3.8) is 0 Å². The highest BCUT2D eigenvalue weighted by molar-refractivity contribution is 6.31. The fourth-order valence-corrected chi connectivity index (χ4v) is 3.86. The molecule has 4 heterocycles. The van der Waals surface area contributed by atoms with Crippen LogP contribution in [-0.4, -0.2) is 35.4 Å². The van der Waals surface area contributed by atoms with Gasteiger partial charge in [-0.25, -0.2) is 15.0 Å². The summed E-state index contributed by atoms with van der Waals surface area (Å²) in [6.45, 7) is 0.709. The van der Waals surface area contributed by atoms with Gasteiger partial charge in [-0.05, 0) is 29.8 Å². The zero-order valence-electron chi connectivity index (χ0n) is 16.6. The van der Waals surface area contributed by atoms with E-state index in [-0.39, 0.29) is 23.7 Å². The van der Waals surface area contributed by atoms with E-state index in [1.807, 2.05) is 22.8 Å². The Hall–Kier alpha value is -4.18. The zero-order valence-corrected chi connectivity index (χ0v) is 17.3. The number of aromatic amines is 2. The second kappa shape index (κ2) is 7.82. The number of nitrogens with zero attached hydrogens (tertiary/aromatic N) is 4. The Balaban J connectivity index is 1.43. The van der Waals surface area contributed by atoms with Gasteiger partial charge in [-0.3, -0.25) is 9.59 Å². The first-order chi connectivity index (χ1) is 15.5. The van der Waals surface area contributed by atoms with Gasteiger partial charge in [-0.15, -0.1) is 0 Å². The fourth-order valence-electron chi connectivity index (χ4n) is 3.61. The number of nitrogens with one attached hydrogen (secondary N) is 3. The smallest absolute Gasteiger partial charge is 0.268 e. The van der Waals surface area contributed by atoms with Gasteiger partial charge in [0.05, 0.1) is 24.9 Å². The number of amides is 1. The average molecular weight is 449 g/mol. The van der Waals surface area contributed by atoms with Crippen LogP contribution in [0.15, 0.2) is 53.8 Å². The molecule has 4 aromatic heterocycles. The molecule has 160 valence electrons. The van der Waals surface area contributed by atoms with Gasteiger partial charge in [0.2, 0.25) is 5.56 Å². The van der Waals surface area contributed by atoms with Crippen molar-refractivity contribution in [2.45, 2.75) is 13.1 Å². The topological polar surface area (TPSA) is 147 Å². The van der Waals surface area contributed by atoms with Gasteiger partial charge in [-0.2, -0.15) is 0 Å². The van der Waals surface area contributed by atoms with Crippen LogP contribution in [0.5, 0.6) is 0 Å². The average Bonchev–Trinajstić information content (AvgIpc) is 3.37. The molecule has 0 saturated heterocycles. The molecule has 5 aromatic rings. The molecule has 0 saturated carbocycles. The summed E-state index contributed by atoms with van der Waals surface area (Å²) in [4.78, 5) is 42.1. The van der Waals surface area contributed by atoms with Crippen LogP contribution >= 0.6 is 11.6 Å². The summed E-state index contributed by atoms with van der Waals surface area (Å²) in [5, 5.41) is 4.29. The minimum atomic E-state index is -0.373. The summed E-state index contributed by atoms with van der Waals surface area (Å²) in [6.07, 6.45) is 3.06. The maximum Gasteiger partial charge on any atom is 0.268 e. The summed E-state index contributed by atoms with van der Waals surface area (Å²) < 4.78 is 1.87. The summed E-state index contributed by atoms with van der Waals surface area (Å²) in [5.41, 5.74) is 9.52. The Morgan fingerprint density at radius 1 is 1.16 bits per heavy atom. The second-order valence-corrected chi connectivity index (χ2v) is 7.68.